The highest BCUT2D eigenvalue weighted by Crippen LogP contribution is 2.33. The molecule has 0 amide bonds. The molecule has 0 saturated carbocycles. The van der Waals surface area contributed by atoms with Gasteiger partial charge in [0.25, 0.3) is 0 Å². The number of primary sulfonamides is 1. The van der Waals surface area contributed by atoms with E-state index >= 15 is 0 Å². The number of aryl methyl sites for hydroxylation is 1. The van der Waals surface area contributed by atoms with E-state index in [4.69, 9.17) is 16.7 Å². The zero-order valence-corrected chi connectivity index (χ0v) is 14.6. The summed E-state index contributed by atoms with van der Waals surface area (Å²) in [7, 11) is -4.13. The number of hydrogen-bond donors (Lipinski definition) is 1. The molecular formula is C17H13ClFN3O2S. The molecule has 0 radical (unpaired) electrons. The minimum atomic E-state index is -4.13. The fraction of sp³-hybridized carbons (Fsp3) is 0.0588. The molecule has 3 aromatic rings. The second-order valence-corrected chi connectivity index (χ2v) is 7.39. The highest BCUT2D eigenvalue weighted by atomic mass is 35.5. The minimum absolute atomic E-state index is 0.370. The average molecular weight is 378 g/mol. The number of sulfonamides is 1. The third-order valence-corrected chi connectivity index (χ3v) is 4.74. The van der Waals surface area contributed by atoms with Gasteiger partial charge >= 0.3 is 0 Å². The van der Waals surface area contributed by atoms with Crippen LogP contribution in [0.25, 0.3) is 22.4 Å². The number of rotatable bonds is 3. The molecule has 0 saturated heterocycles. The lowest BCUT2D eigenvalue weighted by Gasteiger charge is -2.11. The predicted octanol–water partition coefficient (Wildman–Crippen LogP) is 3.56. The molecule has 0 fully saturated rings. The first-order chi connectivity index (χ1) is 11.8. The lowest BCUT2D eigenvalue weighted by Crippen LogP contribution is -2.14. The first-order valence-electron chi connectivity index (χ1n) is 7.17. The molecule has 5 nitrogen and oxygen atoms in total. The van der Waals surface area contributed by atoms with Gasteiger partial charge in [0, 0.05) is 29.2 Å². The number of halogens is 2. The van der Waals surface area contributed by atoms with Gasteiger partial charge in [-0.15, -0.1) is 0 Å². The van der Waals surface area contributed by atoms with Crippen LogP contribution in [0.3, 0.4) is 0 Å². The van der Waals surface area contributed by atoms with Crippen molar-refractivity contribution >= 4 is 21.6 Å². The maximum absolute atomic E-state index is 14.2. The maximum atomic E-state index is 14.2. The molecule has 3 rings (SSSR count). The topological polar surface area (TPSA) is 85.9 Å². The molecule has 0 spiro atoms. The number of nitrogens with zero attached hydrogens (tertiary/aromatic N) is 2. The fourth-order valence-electron chi connectivity index (χ4n) is 2.40. The molecule has 0 atom stereocenters. The summed E-state index contributed by atoms with van der Waals surface area (Å²) < 4.78 is 36.9. The van der Waals surface area contributed by atoms with Gasteiger partial charge in [-0.05, 0) is 42.8 Å². The number of aromatic nitrogens is 2. The third-order valence-electron chi connectivity index (χ3n) is 3.59. The van der Waals surface area contributed by atoms with E-state index in [9.17, 15) is 12.8 Å². The van der Waals surface area contributed by atoms with E-state index in [1.165, 1.54) is 12.3 Å². The molecule has 128 valence electrons. The number of nitrogens with two attached hydrogens (primary N) is 1. The lowest BCUT2D eigenvalue weighted by atomic mass is 10.00. The summed E-state index contributed by atoms with van der Waals surface area (Å²) in [5.74, 6) is -0.937. The van der Waals surface area contributed by atoms with Crippen molar-refractivity contribution in [1.82, 2.24) is 9.97 Å². The fourth-order valence-corrected chi connectivity index (χ4v) is 3.14. The smallest absolute Gasteiger partial charge is 0.240 e. The van der Waals surface area contributed by atoms with E-state index in [-0.39, 0.29) is 0 Å². The molecular weight excluding hydrogens is 365 g/mol. The Morgan fingerprint density at radius 1 is 1.04 bits per heavy atom. The Morgan fingerprint density at radius 2 is 1.76 bits per heavy atom. The largest absolute Gasteiger partial charge is 0.261 e. The molecule has 0 bridgehead atoms. The molecule has 0 aliphatic heterocycles. The van der Waals surface area contributed by atoms with Gasteiger partial charge in [-0.25, -0.2) is 17.9 Å². The summed E-state index contributed by atoms with van der Waals surface area (Å²) in [6.45, 7) is 1.86. The van der Waals surface area contributed by atoms with Gasteiger partial charge in [0.1, 0.15) is 10.7 Å². The van der Waals surface area contributed by atoms with Crippen LogP contribution in [0.15, 0.2) is 53.7 Å². The quantitative estimate of drug-likeness (QED) is 0.756. The van der Waals surface area contributed by atoms with Crippen molar-refractivity contribution in [2.45, 2.75) is 11.8 Å². The van der Waals surface area contributed by atoms with E-state index < -0.39 is 20.7 Å². The first-order valence-corrected chi connectivity index (χ1v) is 9.09. The maximum Gasteiger partial charge on any atom is 0.240 e. The number of pyridine rings is 2. The number of benzene rings is 1. The van der Waals surface area contributed by atoms with Gasteiger partial charge in [0.15, 0.2) is 0 Å². The van der Waals surface area contributed by atoms with Gasteiger partial charge in [-0.1, -0.05) is 17.7 Å². The van der Waals surface area contributed by atoms with Crippen LogP contribution in [0, 0.1) is 12.7 Å². The Hall–Kier alpha value is -2.35. The monoisotopic (exact) mass is 377 g/mol. The second kappa shape index (κ2) is 6.51. The van der Waals surface area contributed by atoms with Crippen LogP contribution in [0.1, 0.15) is 5.69 Å². The number of hydrogen-bond acceptors (Lipinski definition) is 4. The summed E-state index contributed by atoms with van der Waals surface area (Å²) in [6.07, 6.45) is 3.14. The summed E-state index contributed by atoms with van der Waals surface area (Å²) in [5.41, 5.74) is 3.11. The van der Waals surface area contributed by atoms with E-state index in [0.29, 0.717) is 21.8 Å². The highest BCUT2D eigenvalue weighted by molar-refractivity contribution is 7.89. The van der Waals surface area contributed by atoms with Crippen molar-refractivity contribution in [3.05, 3.63) is 65.3 Å². The van der Waals surface area contributed by atoms with Gasteiger partial charge in [-0.3, -0.25) is 9.97 Å². The molecule has 8 heteroatoms. The zero-order valence-electron chi connectivity index (χ0n) is 13.1. The SMILES string of the molecule is Cc1ccc(-c2ncc(Cl)cc2-c2ccc(S(N)(=O)=O)c(F)c2)cn1. The van der Waals surface area contributed by atoms with E-state index in [2.05, 4.69) is 9.97 Å². The van der Waals surface area contributed by atoms with Crippen LogP contribution in [0.4, 0.5) is 4.39 Å². The van der Waals surface area contributed by atoms with Crippen molar-refractivity contribution in [1.29, 1.82) is 0 Å². The van der Waals surface area contributed by atoms with Crippen LogP contribution in [0.2, 0.25) is 5.02 Å². The van der Waals surface area contributed by atoms with Crippen molar-refractivity contribution < 1.29 is 12.8 Å². The molecule has 2 heterocycles. The molecule has 2 N–H and O–H groups in total. The Bertz CT molecular complexity index is 1050. The average Bonchev–Trinajstić information content (AvgIpc) is 2.54. The van der Waals surface area contributed by atoms with Crippen molar-refractivity contribution in [2.24, 2.45) is 5.14 Å². The van der Waals surface area contributed by atoms with Crippen LogP contribution in [-0.4, -0.2) is 18.4 Å². The van der Waals surface area contributed by atoms with E-state index in [0.717, 1.165) is 23.4 Å². The molecule has 1 aromatic carbocycles. The molecule has 0 aliphatic carbocycles. The van der Waals surface area contributed by atoms with Gasteiger partial charge < -0.3 is 0 Å². The Balaban J connectivity index is 2.19. The Morgan fingerprint density at radius 3 is 2.36 bits per heavy atom. The minimum Gasteiger partial charge on any atom is -0.261 e. The molecule has 0 unspecified atom stereocenters. The van der Waals surface area contributed by atoms with Crippen LogP contribution >= 0.6 is 11.6 Å². The summed E-state index contributed by atoms with van der Waals surface area (Å²) >= 11 is 6.04. The van der Waals surface area contributed by atoms with Gasteiger partial charge in [0.05, 0.1) is 10.7 Å². The van der Waals surface area contributed by atoms with Crippen LogP contribution in [0.5, 0.6) is 0 Å². The first kappa shape index (κ1) is 17.5. The van der Waals surface area contributed by atoms with Gasteiger partial charge in [-0.2, -0.15) is 0 Å². The van der Waals surface area contributed by atoms with Crippen molar-refractivity contribution in [2.75, 3.05) is 0 Å². The normalized spacial score (nSPS) is 11.5. The Labute approximate surface area is 149 Å². The lowest BCUT2D eigenvalue weighted by molar-refractivity contribution is 0.568. The van der Waals surface area contributed by atoms with Gasteiger partial charge in [0.2, 0.25) is 10.0 Å². The molecule has 2 aromatic heterocycles. The summed E-state index contributed by atoms with van der Waals surface area (Å²) in [4.78, 5) is 7.99. The Kier molecular flexibility index (Phi) is 4.55. The van der Waals surface area contributed by atoms with Crippen molar-refractivity contribution in [3.63, 3.8) is 0 Å². The predicted molar refractivity (Wildman–Crippen MR) is 94.0 cm³/mol. The van der Waals surface area contributed by atoms with E-state index in [1.54, 1.807) is 12.3 Å². The second-order valence-electron chi connectivity index (χ2n) is 5.43. The third kappa shape index (κ3) is 3.68. The van der Waals surface area contributed by atoms with E-state index in [1.807, 2.05) is 19.1 Å². The van der Waals surface area contributed by atoms with Crippen LogP contribution < -0.4 is 5.14 Å². The molecule has 25 heavy (non-hydrogen) atoms. The van der Waals surface area contributed by atoms with Crippen molar-refractivity contribution in [3.8, 4) is 22.4 Å². The zero-order chi connectivity index (χ0) is 18.2. The highest BCUT2D eigenvalue weighted by Gasteiger charge is 2.17. The summed E-state index contributed by atoms with van der Waals surface area (Å²) in [5, 5.41) is 5.37. The standard InChI is InChI=1S/C17H13ClFN3O2S/c1-10-2-3-12(8-21-10)17-14(7-13(18)9-22-17)11-4-5-16(15(19)6-11)25(20,23)24/h2-9H,1H3,(H2,20,23,24). The summed E-state index contributed by atoms with van der Waals surface area (Å²) in [6, 6.07) is 8.99. The molecule has 0 aliphatic rings. The van der Waals surface area contributed by atoms with Crippen LogP contribution in [-0.2, 0) is 10.0 Å².